The molecule has 1 aromatic rings. The summed E-state index contributed by atoms with van der Waals surface area (Å²) >= 11 is 3.25. The lowest BCUT2D eigenvalue weighted by molar-refractivity contribution is 0.238. The van der Waals surface area contributed by atoms with Crippen LogP contribution < -0.4 is 10.6 Å². The largest absolute Gasteiger partial charge is 0.336 e. The molecule has 0 aliphatic carbocycles. The number of urea groups is 1. The summed E-state index contributed by atoms with van der Waals surface area (Å²) in [4.78, 5) is 11.3. The van der Waals surface area contributed by atoms with Gasteiger partial charge in [0.05, 0.1) is 0 Å². The van der Waals surface area contributed by atoms with Gasteiger partial charge in [-0.25, -0.2) is 9.18 Å². The molecule has 0 saturated carbocycles. The van der Waals surface area contributed by atoms with Gasteiger partial charge >= 0.3 is 6.03 Å². The van der Waals surface area contributed by atoms with Crippen molar-refractivity contribution in [1.29, 1.82) is 0 Å². The molecule has 0 bridgehead atoms. The van der Waals surface area contributed by atoms with E-state index in [1.54, 1.807) is 12.1 Å². The monoisotopic (exact) mass is 288 g/mol. The van der Waals surface area contributed by atoms with Crippen LogP contribution in [0.4, 0.5) is 9.18 Å². The SMILES string of the molecule is CC(C)NC(=O)NCc1cc(Br)ccc1F. The number of rotatable bonds is 3. The fourth-order valence-electron chi connectivity index (χ4n) is 1.17. The van der Waals surface area contributed by atoms with E-state index in [4.69, 9.17) is 0 Å². The number of carbonyl (C=O) groups excluding carboxylic acids is 1. The van der Waals surface area contributed by atoms with E-state index in [1.807, 2.05) is 13.8 Å². The number of carbonyl (C=O) groups is 1. The molecular formula is C11H14BrFN2O. The van der Waals surface area contributed by atoms with Crippen LogP contribution in [0.5, 0.6) is 0 Å². The zero-order valence-electron chi connectivity index (χ0n) is 9.18. The normalized spacial score (nSPS) is 10.3. The Bertz CT molecular complexity index is 382. The Balaban J connectivity index is 2.54. The van der Waals surface area contributed by atoms with Crippen LogP contribution in [0.2, 0.25) is 0 Å². The Hall–Kier alpha value is -1.10. The van der Waals surface area contributed by atoms with Crippen molar-refractivity contribution in [2.24, 2.45) is 0 Å². The maximum absolute atomic E-state index is 13.3. The maximum Gasteiger partial charge on any atom is 0.315 e. The van der Waals surface area contributed by atoms with Crippen molar-refractivity contribution < 1.29 is 9.18 Å². The van der Waals surface area contributed by atoms with Gasteiger partial charge < -0.3 is 10.6 Å². The highest BCUT2D eigenvalue weighted by atomic mass is 79.9. The first kappa shape index (κ1) is 13.0. The average molecular weight is 289 g/mol. The third-order valence-electron chi connectivity index (χ3n) is 1.87. The minimum absolute atomic E-state index is 0.0624. The Morgan fingerprint density at radius 1 is 1.50 bits per heavy atom. The molecule has 0 aliphatic rings. The number of hydrogen-bond acceptors (Lipinski definition) is 1. The van der Waals surface area contributed by atoms with E-state index in [9.17, 15) is 9.18 Å². The van der Waals surface area contributed by atoms with Crippen LogP contribution in [0.15, 0.2) is 22.7 Å². The second-order valence-corrected chi connectivity index (χ2v) is 4.63. The quantitative estimate of drug-likeness (QED) is 0.882. The average Bonchev–Trinajstić information content (AvgIpc) is 2.18. The molecule has 88 valence electrons. The van der Waals surface area contributed by atoms with Crippen molar-refractivity contribution in [3.8, 4) is 0 Å². The first-order valence-corrected chi connectivity index (χ1v) is 5.76. The first-order valence-electron chi connectivity index (χ1n) is 4.97. The summed E-state index contributed by atoms with van der Waals surface area (Å²) in [6.07, 6.45) is 0. The molecule has 0 radical (unpaired) electrons. The van der Waals surface area contributed by atoms with E-state index in [0.717, 1.165) is 4.47 Å². The highest BCUT2D eigenvalue weighted by Crippen LogP contribution is 2.15. The van der Waals surface area contributed by atoms with Gasteiger partial charge in [-0.05, 0) is 32.0 Å². The number of nitrogens with one attached hydrogen (secondary N) is 2. The third-order valence-corrected chi connectivity index (χ3v) is 2.36. The Kier molecular flexibility index (Phi) is 4.73. The Morgan fingerprint density at radius 3 is 2.81 bits per heavy atom. The second kappa shape index (κ2) is 5.84. The molecule has 0 atom stereocenters. The summed E-state index contributed by atoms with van der Waals surface area (Å²) in [7, 11) is 0. The van der Waals surface area contributed by atoms with Crippen molar-refractivity contribution in [1.82, 2.24) is 10.6 Å². The van der Waals surface area contributed by atoms with Crippen LogP contribution in [-0.4, -0.2) is 12.1 Å². The predicted molar refractivity (Wildman–Crippen MR) is 64.6 cm³/mol. The summed E-state index contributed by atoms with van der Waals surface area (Å²) in [6.45, 7) is 3.89. The number of amides is 2. The van der Waals surface area contributed by atoms with Gasteiger partial charge in [-0.3, -0.25) is 0 Å². The van der Waals surface area contributed by atoms with Crippen molar-refractivity contribution in [2.45, 2.75) is 26.4 Å². The van der Waals surface area contributed by atoms with E-state index in [1.165, 1.54) is 6.07 Å². The Labute approximate surface area is 103 Å². The van der Waals surface area contributed by atoms with E-state index in [2.05, 4.69) is 26.6 Å². The van der Waals surface area contributed by atoms with Gasteiger partial charge in [0.25, 0.3) is 0 Å². The van der Waals surface area contributed by atoms with E-state index in [-0.39, 0.29) is 24.4 Å². The highest BCUT2D eigenvalue weighted by Gasteiger charge is 2.06. The lowest BCUT2D eigenvalue weighted by Crippen LogP contribution is -2.39. The third kappa shape index (κ3) is 4.18. The highest BCUT2D eigenvalue weighted by molar-refractivity contribution is 9.10. The van der Waals surface area contributed by atoms with E-state index < -0.39 is 0 Å². The summed E-state index contributed by atoms with van der Waals surface area (Å²) in [5, 5.41) is 5.25. The predicted octanol–water partition coefficient (Wildman–Crippen LogP) is 2.80. The van der Waals surface area contributed by atoms with Crippen molar-refractivity contribution in [3.05, 3.63) is 34.1 Å². The summed E-state index contributed by atoms with van der Waals surface area (Å²) in [5.74, 6) is -0.326. The molecule has 0 spiro atoms. The molecule has 2 amide bonds. The molecule has 3 nitrogen and oxygen atoms in total. The van der Waals surface area contributed by atoms with E-state index >= 15 is 0 Å². The zero-order chi connectivity index (χ0) is 12.1. The van der Waals surface area contributed by atoms with Crippen molar-refractivity contribution in [2.75, 3.05) is 0 Å². The standard InChI is InChI=1S/C11H14BrFN2O/c1-7(2)15-11(16)14-6-8-5-9(12)3-4-10(8)13/h3-5,7H,6H2,1-2H3,(H2,14,15,16). The minimum Gasteiger partial charge on any atom is -0.336 e. The van der Waals surface area contributed by atoms with Crippen LogP contribution >= 0.6 is 15.9 Å². The Morgan fingerprint density at radius 2 is 2.19 bits per heavy atom. The summed E-state index contributed by atoms with van der Waals surface area (Å²) in [6, 6.07) is 4.39. The van der Waals surface area contributed by atoms with Gasteiger partial charge in [-0.15, -0.1) is 0 Å². The first-order chi connectivity index (χ1) is 7.49. The fraction of sp³-hybridized carbons (Fsp3) is 0.364. The molecule has 0 aliphatic heterocycles. The molecule has 1 aromatic carbocycles. The lowest BCUT2D eigenvalue weighted by atomic mass is 10.2. The molecular weight excluding hydrogens is 275 g/mol. The van der Waals surface area contributed by atoms with Crippen molar-refractivity contribution >= 4 is 22.0 Å². The molecule has 16 heavy (non-hydrogen) atoms. The molecule has 2 N–H and O–H groups in total. The molecule has 0 unspecified atom stereocenters. The van der Waals surface area contributed by atoms with Gasteiger partial charge in [-0.1, -0.05) is 15.9 Å². The summed E-state index contributed by atoms with van der Waals surface area (Å²) < 4.78 is 14.1. The molecule has 0 fully saturated rings. The van der Waals surface area contributed by atoms with Gasteiger partial charge in [0.15, 0.2) is 0 Å². The number of hydrogen-bond donors (Lipinski definition) is 2. The number of benzene rings is 1. The topological polar surface area (TPSA) is 41.1 Å². The second-order valence-electron chi connectivity index (χ2n) is 3.72. The lowest BCUT2D eigenvalue weighted by Gasteiger charge is -2.10. The van der Waals surface area contributed by atoms with Crippen LogP contribution in [0, 0.1) is 5.82 Å². The molecule has 0 aromatic heterocycles. The fourth-order valence-corrected chi connectivity index (χ4v) is 1.58. The molecule has 5 heteroatoms. The van der Waals surface area contributed by atoms with Crippen LogP contribution in [0.25, 0.3) is 0 Å². The molecule has 1 rings (SSSR count). The summed E-state index contributed by atoms with van der Waals surface area (Å²) in [5.41, 5.74) is 0.452. The van der Waals surface area contributed by atoms with Crippen LogP contribution in [0.1, 0.15) is 19.4 Å². The molecule has 0 saturated heterocycles. The van der Waals surface area contributed by atoms with Gasteiger partial charge in [0.2, 0.25) is 0 Å². The molecule has 0 heterocycles. The number of halogens is 2. The van der Waals surface area contributed by atoms with Gasteiger partial charge in [0, 0.05) is 22.6 Å². The smallest absolute Gasteiger partial charge is 0.315 e. The maximum atomic E-state index is 13.3. The zero-order valence-corrected chi connectivity index (χ0v) is 10.8. The van der Waals surface area contributed by atoms with Gasteiger partial charge in [-0.2, -0.15) is 0 Å². The van der Waals surface area contributed by atoms with E-state index in [0.29, 0.717) is 5.56 Å². The van der Waals surface area contributed by atoms with Crippen LogP contribution in [-0.2, 0) is 6.54 Å². The minimum atomic E-state index is -0.326. The van der Waals surface area contributed by atoms with Crippen LogP contribution in [0.3, 0.4) is 0 Å². The van der Waals surface area contributed by atoms with Gasteiger partial charge in [0.1, 0.15) is 5.82 Å². The van der Waals surface area contributed by atoms with Crippen molar-refractivity contribution in [3.63, 3.8) is 0 Å².